The van der Waals surface area contributed by atoms with Gasteiger partial charge >= 0.3 is 0 Å². The van der Waals surface area contributed by atoms with Gasteiger partial charge in [-0.05, 0) is 6.92 Å². The third kappa shape index (κ3) is 2.37. The minimum absolute atomic E-state index is 0.0636. The molecule has 0 bridgehead atoms. The van der Waals surface area contributed by atoms with Gasteiger partial charge in [-0.1, -0.05) is 0 Å². The summed E-state index contributed by atoms with van der Waals surface area (Å²) in [5.74, 6) is 1.11. The van der Waals surface area contributed by atoms with E-state index < -0.39 is 0 Å². The van der Waals surface area contributed by atoms with Crippen molar-refractivity contribution in [1.82, 2.24) is 15.0 Å². The summed E-state index contributed by atoms with van der Waals surface area (Å²) in [6.45, 7) is 1.99. The van der Waals surface area contributed by atoms with E-state index in [0.29, 0.717) is 11.6 Å². The van der Waals surface area contributed by atoms with Crippen molar-refractivity contribution < 1.29 is 0 Å². The molecule has 0 spiro atoms. The first-order chi connectivity index (χ1) is 7.65. The van der Waals surface area contributed by atoms with Crippen LogP contribution in [0.15, 0.2) is 17.6 Å². The van der Waals surface area contributed by atoms with Crippen LogP contribution < -0.4 is 16.8 Å². The quantitative estimate of drug-likeness (QED) is 0.741. The van der Waals surface area contributed by atoms with E-state index in [9.17, 15) is 0 Å². The van der Waals surface area contributed by atoms with Gasteiger partial charge in [0.2, 0.25) is 5.95 Å². The molecule has 0 aromatic carbocycles. The number of anilines is 3. The minimum Gasteiger partial charge on any atom is -0.383 e. The molecule has 2 rings (SSSR count). The standard InChI is InChI=1S/C9H12N6S/c1-5(8-12-2-3-16-8)13-7-4-6(10)14-9(11)15-7/h2-5H,1H3,(H5,10,11,13,14,15). The van der Waals surface area contributed by atoms with Crippen molar-refractivity contribution in [1.29, 1.82) is 0 Å². The molecule has 1 unspecified atom stereocenters. The van der Waals surface area contributed by atoms with Crippen molar-refractivity contribution in [2.24, 2.45) is 0 Å². The Balaban J connectivity index is 2.15. The maximum Gasteiger partial charge on any atom is 0.223 e. The molecule has 2 heterocycles. The average Bonchev–Trinajstić information content (AvgIpc) is 2.68. The molecule has 7 heteroatoms. The highest BCUT2D eigenvalue weighted by molar-refractivity contribution is 7.09. The van der Waals surface area contributed by atoms with Gasteiger partial charge in [0.1, 0.15) is 16.6 Å². The van der Waals surface area contributed by atoms with Crippen LogP contribution in [0, 0.1) is 0 Å². The van der Waals surface area contributed by atoms with Crippen molar-refractivity contribution >= 4 is 28.9 Å². The Morgan fingerprint density at radius 3 is 2.81 bits per heavy atom. The Labute approximate surface area is 96.7 Å². The highest BCUT2D eigenvalue weighted by atomic mass is 32.1. The molecular formula is C9H12N6S. The number of nitrogen functional groups attached to an aromatic ring is 2. The van der Waals surface area contributed by atoms with Crippen molar-refractivity contribution in [3.8, 4) is 0 Å². The van der Waals surface area contributed by atoms with E-state index in [1.807, 2.05) is 12.3 Å². The molecule has 0 aliphatic rings. The van der Waals surface area contributed by atoms with Gasteiger partial charge < -0.3 is 16.8 Å². The molecule has 0 aliphatic carbocycles. The zero-order chi connectivity index (χ0) is 11.5. The topological polar surface area (TPSA) is 103 Å². The lowest BCUT2D eigenvalue weighted by atomic mass is 10.3. The van der Waals surface area contributed by atoms with Gasteiger partial charge in [-0.2, -0.15) is 9.97 Å². The maximum absolute atomic E-state index is 5.57. The second-order valence-corrected chi connectivity index (χ2v) is 4.20. The number of nitrogens with zero attached hydrogens (tertiary/aromatic N) is 3. The van der Waals surface area contributed by atoms with Crippen LogP contribution >= 0.6 is 11.3 Å². The van der Waals surface area contributed by atoms with E-state index in [4.69, 9.17) is 11.5 Å². The monoisotopic (exact) mass is 236 g/mol. The van der Waals surface area contributed by atoms with Gasteiger partial charge in [0.15, 0.2) is 0 Å². The fraction of sp³-hybridized carbons (Fsp3) is 0.222. The van der Waals surface area contributed by atoms with Crippen molar-refractivity contribution in [2.45, 2.75) is 13.0 Å². The number of hydrogen-bond acceptors (Lipinski definition) is 7. The van der Waals surface area contributed by atoms with Crippen molar-refractivity contribution in [2.75, 3.05) is 16.8 Å². The predicted octanol–water partition coefficient (Wildman–Crippen LogP) is 1.27. The van der Waals surface area contributed by atoms with Crippen LogP contribution in [-0.2, 0) is 0 Å². The van der Waals surface area contributed by atoms with Crippen molar-refractivity contribution in [3.63, 3.8) is 0 Å². The molecule has 0 saturated carbocycles. The lowest BCUT2D eigenvalue weighted by molar-refractivity contribution is 0.860. The normalized spacial score (nSPS) is 12.3. The maximum atomic E-state index is 5.57. The Kier molecular flexibility index (Phi) is 2.86. The first kappa shape index (κ1) is 10.6. The number of nitrogens with two attached hydrogens (primary N) is 2. The summed E-state index contributed by atoms with van der Waals surface area (Å²) < 4.78 is 0. The lowest BCUT2D eigenvalue weighted by Crippen LogP contribution is -2.10. The van der Waals surface area contributed by atoms with E-state index in [1.54, 1.807) is 23.6 Å². The van der Waals surface area contributed by atoms with Crippen LogP contribution in [0.1, 0.15) is 18.0 Å². The molecular weight excluding hydrogens is 224 g/mol. The molecule has 2 aromatic heterocycles. The minimum atomic E-state index is 0.0636. The zero-order valence-corrected chi connectivity index (χ0v) is 9.53. The van der Waals surface area contributed by atoms with E-state index >= 15 is 0 Å². The average molecular weight is 236 g/mol. The van der Waals surface area contributed by atoms with E-state index in [1.165, 1.54) is 0 Å². The van der Waals surface area contributed by atoms with Crippen LogP contribution in [0.4, 0.5) is 17.6 Å². The van der Waals surface area contributed by atoms with Crippen LogP contribution in [0.2, 0.25) is 0 Å². The van der Waals surface area contributed by atoms with Gasteiger partial charge in [0.25, 0.3) is 0 Å². The van der Waals surface area contributed by atoms with Crippen LogP contribution in [0.25, 0.3) is 0 Å². The molecule has 0 aliphatic heterocycles. The summed E-state index contributed by atoms with van der Waals surface area (Å²) in [6.07, 6.45) is 1.76. The largest absolute Gasteiger partial charge is 0.383 e. The number of hydrogen-bond donors (Lipinski definition) is 3. The van der Waals surface area contributed by atoms with Gasteiger partial charge in [-0.15, -0.1) is 11.3 Å². The third-order valence-electron chi connectivity index (χ3n) is 1.95. The Bertz CT molecular complexity index is 449. The second kappa shape index (κ2) is 4.31. The molecule has 0 radical (unpaired) electrons. The summed E-state index contributed by atoms with van der Waals surface area (Å²) in [7, 11) is 0. The lowest BCUT2D eigenvalue weighted by Gasteiger charge is -2.12. The SMILES string of the molecule is CC(Nc1cc(N)nc(N)n1)c1nccs1. The first-order valence-electron chi connectivity index (χ1n) is 4.71. The molecule has 84 valence electrons. The summed E-state index contributed by atoms with van der Waals surface area (Å²) >= 11 is 1.58. The molecule has 0 fully saturated rings. The van der Waals surface area contributed by atoms with Crippen LogP contribution in [0.5, 0.6) is 0 Å². The van der Waals surface area contributed by atoms with Crippen molar-refractivity contribution in [3.05, 3.63) is 22.7 Å². The molecule has 2 aromatic rings. The third-order valence-corrected chi connectivity index (χ3v) is 2.91. The number of rotatable bonds is 3. The first-order valence-corrected chi connectivity index (χ1v) is 5.59. The molecule has 16 heavy (non-hydrogen) atoms. The number of nitrogens with one attached hydrogen (secondary N) is 1. The van der Waals surface area contributed by atoms with Gasteiger partial charge in [-0.25, -0.2) is 4.98 Å². The number of thiazole rings is 1. The summed E-state index contributed by atoms with van der Waals surface area (Å²) in [4.78, 5) is 12.0. The van der Waals surface area contributed by atoms with Gasteiger partial charge in [0, 0.05) is 17.6 Å². The summed E-state index contributed by atoms with van der Waals surface area (Å²) in [5, 5.41) is 6.07. The fourth-order valence-electron chi connectivity index (χ4n) is 1.29. The smallest absolute Gasteiger partial charge is 0.223 e. The van der Waals surface area contributed by atoms with Gasteiger partial charge in [-0.3, -0.25) is 0 Å². The molecule has 1 atom stereocenters. The Hall–Kier alpha value is -1.89. The fourth-order valence-corrected chi connectivity index (χ4v) is 1.94. The molecule has 5 N–H and O–H groups in total. The Morgan fingerprint density at radius 2 is 2.19 bits per heavy atom. The van der Waals surface area contributed by atoms with Crippen LogP contribution in [0.3, 0.4) is 0 Å². The zero-order valence-electron chi connectivity index (χ0n) is 8.71. The highest BCUT2D eigenvalue weighted by Gasteiger charge is 2.09. The highest BCUT2D eigenvalue weighted by Crippen LogP contribution is 2.20. The number of aromatic nitrogens is 3. The van der Waals surface area contributed by atoms with E-state index in [-0.39, 0.29) is 12.0 Å². The second-order valence-electron chi connectivity index (χ2n) is 3.27. The summed E-state index contributed by atoms with van der Waals surface area (Å²) in [6, 6.07) is 1.70. The van der Waals surface area contributed by atoms with Gasteiger partial charge in [0.05, 0.1) is 6.04 Å². The Morgan fingerprint density at radius 1 is 1.38 bits per heavy atom. The molecule has 0 amide bonds. The van der Waals surface area contributed by atoms with Crippen LogP contribution in [-0.4, -0.2) is 15.0 Å². The van der Waals surface area contributed by atoms with E-state index in [2.05, 4.69) is 20.3 Å². The molecule has 6 nitrogen and oxygen atoms in total. The predicted molar refractivity (Wildman–Crippen MR) is 65.0 cm³/mol. The van der Waals surface area contributed by atoms with E-state index in [0.717, 1.165) is 5.01 Å². The molecule has 0 saturated heterocycles. The summed E-state index contributed by atoms with van der Waals surface area (Å²) in [5.41, 5.74) is 11.1.